The average molecular weight is 255 g/mol. The largest absolute Gasteiger partial charge is 0.481 e. The van der Waals surface area contributed by atoms with Gasteiger partial charge in [0.15, 0.2) is 0 Å². The third-order valence-corrected chi connectivity index (χ3v) is 4.37. The minimum atomic E-state index is -0.913. The minimum Gasteiger partial charge on any atom is -0.481 e. The van der Waals surface area contributed by atoms with Crippen LogP contribution in [0.1, 0.15) is 59.8 Å². The Bertz CT molecular complexity index is 328. The molecule has 0 aromatic heterocycles. The molecule has 1 aliphatic carbocycles. The molecule has 0 spiro atoms. The van der Waals surface area contributed by atoms with E-state index in [4.69, 9.17) is 0 Å². The molecule has 0 radical (unpaired) electrons. The van der Waals surface area contributed by atoms with Crippen molar-refractivity contribution in [2.75, 3.05) is 0 Å². The summed E-state index contributed by atoms with van der Waals surface area (Å²) >= 11 is 0. The number of amides is 1. The zero-order chi connectivity index (χ0) is 14.0. The molecular weight excluding hydrogens is 230 g/mol. The zero-order valence-corrected chi connectivity index (χ0v) is 11.9. The van der Waals surface area contributed by atoms with Crippen LogP contribution in [0.5, 0.6) is 0 Å². The van der Waals surface area contributed by atoms with Gasteiger partial charge in [-0.25, -0.2) is 0 Å². The van der Waals surface area contributed by atoms with Gasteiger partial charge in [-0.3, -0.25) is 9.59 Å². The van der Waals surface area contributed by atoms with Gasteiger partial charge in [-0.15, -0.1) is 0 Å². The van der Waals surface area contributed by atoms with Gasteiger partial charge in [-0.2, -0.15) is 0 Å². The monoisotopic (exact) mass is 255 g/mol. The molecule has 0 saturated heterocycles. The molecule has 18 heavy (non-hydrogen) atoms. The van der Waals surface area contributed by atoms with Crippen molar-refractivity contribution >= 4 is 11.9 Å². The number of rotatable bonds is 7. The van der Waals surface area contributed by atoms with Crippen LogP contribution in [0.2, 0.25) is 0 Å². The Hall–Kier alpha value is -1.06. The minimum absolute atomic E-state index is 0.0749. The van der Waals surface area contributed by atoms with Crippen molar-refractivity contribution in [1.82, 2.24) is 5.32 Å². The summed E-state index contributed by atoms with van der Waals surface area (Å²) < 4.78 is 0. The molecule has 0 atom stereocenters. The predicted octanol–water partition coefficient (Wildman–Crippen LogP) is 2.57. The third kappa shape index (κ3) is 3.24. The van der Waals surface area contributed by atoms with E-state index >= 15 is 0 Å². The van der Waals surface area contributed by atoms with Crippen LogP contribution in [0.15, 0.2) is 0 Å². The molecule has 0 heterocycles. The highest BCUT2D eigenvalue weighted by molar-refractivity contribution is 5.85. The SMILES string of the molecule is CCC(CC)(CC(=O)NC(C)(C)C1CC1)C(=O)O. The van der Waals surface area contributed by atoms with Crippen LogP contribution in [0.3, 0.4) is 0 Å². The van der Waals surface area contributed by atoms with Gasteiger partial charge in [0.2, 0.25) is 5.91 Å². The number of carbonyl (C=O) groups is 2. The quantitative estimate of drug-likeness (QED) is 0.734. The number of hydrogen-bond acceptors (Lipinski definition) is 2. The Morgan fingerprint density at radius 1 is 1.22 bits per heavy atom. The van der Waals surface area contributed by atoms with Gasteiger partial charge >= 0.3 is 5.97 Å². The second-order valence-corrected chi connectivity index (χ2v) is 6.01. The fourth-order valence-electron chi connectivity index (χ4n) is 2.50. The van der Waals surface area contributed by atoms with Gasteiger partial charge in [0.1, 0.15) is 0 Å². The second-order valence-electron chi connectivity index (χ2n) is 6.01. The van der Waals surface area contributed by atoms with Crippen molar-refractivity contribution in [2.45, 2.75) is 65.3 Å². The summed E-state index contributed by atoms with van der Waals surface area (Å²) in [4.78, 5) is 23.4. The number of carboxylic acid groups (broad SMARTS) is 1. The molecule has 1 saturated carbocycles. The van der Waals surface area contributed by atoms with Crippen molar-refractivity contribution in [3.05, 3.63) is 0 Å². The van der Waals surface area contributed by atoms with Gasteiger partial charge < -0.3 is 10.4 Å². The van der Waals surface area contributed by atoms with Crippen LogP contribution < -0.4 is 5.32 Å². The molecule has 2 N–H and O–H groups in total. The molecule has 0 bridgehead atoms. The van der Waals surface area contributed by atoms with Crippen LogP contribution >= 0.6 is 0 Å². The Morgan fingerprint density at radius 3 is 2.06 bits per heavy atom. The Balaban J connectivity index is 2.64. The van der Waals surface area contributed by atoms with Crippen LogP contribution in [0, 0.1) is 11.3 Å². The lowest BCUT2D eigenvalue weighted by Gasteiger charge is -2.30. The molecule has 1 amide bonds. The van der Waals surface area contributed by atoms with Crippen LogP contribution in [0.4, 0.5) is 0 Å². The maximum atomic E-state index is 12.1. The normalized spacial score (nSPS) is 16.4. The first kappa shape index (κ1) is 15.0. The van der Waals surface area contributed by atoms with Crippen molar-refractivity contribution < 1.29 is 14.7 Å². The summed E-state index contributed by atoms with van der Waals surface area (Å²) in [5.74, 6) is -0.464. The molecule has 0 aliphatic heterocycles. The molecule has 0 unspecified atom stereocenters. The van der Waals surface area contributed by atoms with Gasteiger partial charge in [-0.05, 0) is 45.4 Å². The van der Waals surface area contributed by atoms with Crippen LogP contribution in [0.25, 0.3) is 0 Å². The average Bonchev–Trinajstić information content (AvgIpc) is 3.08. The van der Waals surface area contributed by atoms with E-state index in [1.165, 1.54) is 0 Å². The van der Waals surface area contributed by atoms with E-state index in [9.17, 15) is 14.7 Å². The third-order valence-electron chi connectivity index (χ3n) is 4.37. The Kier molecular flexibility index (Phi) is 4.41. The number of nitrogens with one attached hydrogen (secondary N) is 1. The van der Waals surface area contributed by atoms with Crippen LogP contribution in [-0.4, -0.2) is 22.5 Å². The first-order chi connectivity index (χ1) is 8.27. The topological polar surface area (TPSA) is 66.4 Å². The smallest absolute Gasteiger partial charge is 0.310 e. The van der Waals surface area contributed by atoms with E-state index in [0.717, 1.165) is 12.8 Å². The molecule has 104 valence electrons. The van der Waals surface area contributed by atoms with E-state index in [-0.39, 0.29) is 17.9 Å². The van der Waals surface area contributed by atoms with E-state index in [1.807, 2.05) is 27.7 Å². The Labute approximate surface area is 109 Å². The number of carbonyl (C=O) groups excluding carboxylic acids is 1. The number of hydrogen-bond donors (Lipinski definition) is 2. The summed E-state index contributed by atoms with van der Waals surface area (Å²) in [6.07, 6.45) is 3.34. The lowest BCUT2D eigenvalue weighted by atomic mass is 9.79. The zero-order valence-electron chi connectivity index (χ0n) is 11.9. The first-order valence-electron chi connectivity index (χ1n) is 6.82. The van der Waals surface area contributed by atoms with Crippen molar-refractivity contribution in [3.63, 3.8) is 0 Å². The molecule has 4 nitrogen and oxygen atoms in total. The lowest BCUT2D eigenvalue weighted by molar-refractivity contribution is -0.152. The molecular formula is C14H25NO3. The van der Waals surface area contributed by atoms with E-state index in [1.54, 1.807) is 0 Å². The molecule has 1 fully saturated rings. The summed E-state index contributed by atoms with van der Waals surface area (Å²) in [6.45, 7) is 7.69. The lowest BCUT2D eigenvalue weighted by Crippen LogP contribution is -2.47. The fourth-order valence-corrected chi connectivity index (χ4v) is 2.50. The number of aliphatic carboxylic acids is 1. The van der Waals surface area contributed by atoms with Crippen molar-refractivity contribution in [1.29, 1.82) is 0 Å². The summed E-state index contributed by atoms with van der Waals surface area (Å²) in [5, 5.41) is 12.3. The maximum absolute atomic E-state index is 12.1. The summed E-state index contributed by atoms with van der Waals surface area (Å²) in [5.41, 5.74) is -1.12. The van der Waals surface area contributed by atoms with E-state index in [2.05, 4.69) is 5.32 Å². The van der Waals surface area contributed by atoms with Crippen LogP contribution in [-0.2, 0) is 9.59 Å². The van der Waals surface area contributed by atoms with Crippen molar-refractivity contribution in [3.8, 4) is 0 Å². The highest BCUT2D eigenvalue weighted by atomic mass is 16.4. The molecule has 4 heteroatoms. The van der Waals surface area contributed by atoms with Gasteiger partial charge in [0.05, 0.1) is 5.41 Å². The second kappa shape index (κ2) is 5.29. The maximum Gasteiger partial charge on any atom is 0.310 e. The van der Waals surface area contributed by atoms with E-state index < -0.39 is 11.4 Å². The van der Waals surface area contributed by atoms with Gasteiger partial charge in [-0.1, -0.05) is 13.8 Å². The molecule has 1 rings (SSSR count). The number of carboxylic acids is 1. The van der Waals surface area contributed by atoms with Gasteiger partial charge in [0, 0.05) is 12.0 Å². The van der Waals surface area contributed by atoms with Crippen molar-refractivity contribution in [2.24, 2.45) is 11.3 Å². The predicted molar refractivity (Wildman–Crippen MR) is 70.2 cm³/mol. The highest BCUT2D eigenvalue weighted by Crippen LogP contribution is 2.39. The molecule has 1 aliphatic rings. The molecule has 0 aromatic carbocycles. The van der Waals surface area contributed by atoms with E-state index in [0.29, 0.717) is 18.8 Å². The van der Waals surface area contributed by atoms with Gasteiger partial charge in [0.25, 0.3) is 0 Å². The Morgan fingerprint density at radius 2 is 1.72 bits per heavy atom. The highest BCUT2D eigenvalue weighted by Gasteiger charge is 2.41. The standard InChI is InChI=1S/C14H25NO3/c1-5-14(6-2,12(17)18)9-11(16)15-13(3,4)10-7-8-10/h10H,5-9H2,1-4H3,(H,15,16)(H,17,18). The first-order valence-corrected chi connectivity index (χ1v) is 6.82. The summed E-state index contributed by atoms with van der Waals surface area (Å²) in [7, 11) is 0. The summed E-state index contributed by atoms with van der Waals surface area (Å²) in [6, 6.07) is 0. The molecule has 0 aromatic rings. The fraction of sp³-hybridized carbons (Fsp3) is 0.857.